The summed E-state index contributed by atoms with van der Waals surface area (Å²) in [6, 6.07) is 7.84. The van der Waals surface area contributed by atoms with Crippen LogP contribution in [0.4, 0.5) is 0 Å². The van der Waals surface area contributed by atoms with E-state index in [2.05, 4.69) is 25.8 Å². The predicted molar refractivity (Wildman–Crippen MR) is 77.6 cm³/mol. The average Bonchev–Trinajstić information content (AvgIpc) is 2.66. The van der Waals surface area contributed by atoms with Gasteiger partial charge in [0.05, 0.1) is 11.7 Å². The van der Waals surface area contributed by atoms with Crippen molar-refractivity contribution in [3.63, 3.8) is 0 Å². The van der Waals surface area contributed by atoms with Crippen molar-refractivity contribution in [1.82, 2.24) is 4.98 Å². The molecule has 0 spiro atoms. The lowest BCUT2D eigenvalue weighted by Gasteiger charge is -2.19. The minimum Gasteiger partial charge on any atom is -0.459 e. The van der Waals surface area contributed by atoms with Gasteiger partial charge in [-0.25, -0.2) is 4.79 Å². The fraction of sp³-hybridized carbons (Fsp3) is 0.438. The van der Waals surface area contributed by atoms with Gasteiger partial charge in [-0.2, -0.15) is 0 Å². The number of hydrogen-bond donors (Lipinski definition) is 1. The van der Waals surface area contributed by atoms with Gasteiger partial charge in [0, 0.05) is 22.0 Å². The Morgan fingerprint density at radius 1 is 1.21 bits per heavy atom. The van der Waals surface area contributed by atoms with E-state index in [0.29, 0.717) is 5.56 Å². The maximum Gasteiger partial charge on any atom is 0.340 e. The highest BCUT2D eigenvalue weighted by molar-refractivity contribution is 6.06. The van der Waals surface area contributed by atoms with E-state index < -0.39 is 0 Å². The van der Waals surface area contributed by atoms with Gasteiger partial charge in [0.2, 0.25) is 0 Å². The number of hydrogen-bond acceptors (Lipinski definition) is 2. The predicted octanol–water partition coefficient (Wildman–Crippen LogP) is 4.03. The molecule has 0 saturated heterocycles. The van der Waals surface area contributed by atoms with E-state index in [4.69, 9.17) is 4.74 Å². The van der Waals surface area contributed by atoms with Crippen molar-refractivity contribution >= 4 is 16.9 Å². The first kappa shape index (κ1) is 13.7. The lowest BCUT2D eigenvalue weighted by Crippen LogP contribution is -2.19. The Kier molecular flexibility index (Phi) is 3.40. The summed E-state index contributed by atoms with van der Waals surface area (Å²) in [5.41, 5.74) is 2.43. The maximum absolute atomic E-state index is 12.4. The molecule has 102 valence electrons. The summed E-state index contributed by atoms with van der Waals surface area (Å²) < 4.78 is 5.38. The number of ether oxygens (including phenoxy) is 1. The molecule has 1 N–H and O–H groups in total. The van der Waals surface area contributed by atoms with Crippen molar-refractivity contribution in [2.75, 3.05) is 0 Å². The number of fused-ring (bicyclic) bond motifs is 1. The van der Waals surface area contributed by atoms with E-state index in [0.717, 1.165) is 16.6 Å². The minimum absolute atomic E-state index is 0.117. The molecule has 0 atom stereocenters. The van der Waals surface area contributed by atoms with Crippen LogP contribution in [0.2, 0.25) is 0 Å². The van der Waals surface area contributed by atoms with Crippen molar-refractivity contribution in [2.24, 2.45) is 0 Å². The first-order chi connectivity index (χ1) is 8.80. The fourth-order valence-corrected chi connectivity index (χ4v) is 2.19. The normalized spacial score (nSPS) is 12.1. The van der Waals surface area contributed by atoms with Gasteiger partial charge in [-0.3, -0.25) is 0 Å². The van der Waals surface area contributed by atoms with E-state index in [1.54, 1.807) is 0 Å². The smallest absolute Gasteiger partial charge is 0.340 e. The van der Waals surface area contributed by atoms with Crippen LogP contribution in [0.3, 0.4) is 0 Å². The van der Waals surface area contributed by atoms with Gasteiger partial charge in [-0.05, 0) is 19.9 Å². The molecule has 3 nitrogen and oxygen atoms in total. The number of nitrogens with one attached hydrogen (secondary N) is 1. The summed E-state index contributed by atoms with van der Waals surface area (Å²) in [5.74, 6) is -0.252. The summed E-state index contributed by atoms with van der Waals surface area (Å²) in [5, 5.41) is 0.929. The quantitative estimate of drug-likeness (QED) is 0.827. The van der Waals surface area contributed by atoms with Gasteiger partial charge in [0.15, 0.2) is 0 Å². The van der Waals surface area contributed by atoms with Crippen LogP contribution in [0.5, 0.6) is 0 Å². The number of rotatable bonds is 2. The zero-order chi connectivity index (χ0) is 14.2. The van der Waals surface area contributed by atoms with E-state index in [1.807, 2.05) is 38.1 Å². The summed E-state index contributed by atoms with van der Waals surface area (Å²) in [6.07, 6.45) is -0.117. The maximum atomic E-state index is 12.4. The first-order valence-corrected chi connectivity index (χ1v) is 6.63. The van der Waals surface area contributed by atoms with E-state index in [9.17, 15) is 4.79 Å². The number of aromatic nitrogens is 1. The number of esters is 1. The molecule has 0 fully saturated rings. The SMILES string of the molecule is CC(C)OC(=O)c1c(C(C)(C)C)[nH]c2ccccc12. The number of para-hydroxylation sites is 1. The molecule has 1 aromatic carbocycles. The van der Waals surface area contributed by atoms with Crippen molar-refractivity contribution < 1.29 is 9.53 Å². The molecule has 0 bridgehead atoms. The van der Waals surface area contributed by atoms with Crippen LogP contribution in [0.1, 0.15) is 50.7 Å². The summed E-state index contributed by atoms with van der Waals surface area (Å²) in [6.45, 7) is 9.99. The summed E-state index contributed by atoms with van der Waals surface area (Å²) >= 11 is 0. The molecule has 3 heteroatoms. The topological polar surface area (TPSA) is 42.1 Å². The highest BCUT2D eigenvalue weighted by Gasteiger charge is 2.27. The second-order valence-electron chi connectivity index (χ2n) is 6.12. The Morgan fingerprint density at radius 2 is 1.84 bits per heavy atom. The second-order valence-corrected chi connectivity index (χ2v) is 6.12. The lowest BCUT2D eigenvalue weighted by atomic mass is 9.89. The van der Waals surface area contributed by atoms with Crippen molar-refractivity contribution in [1.29, 1.82) is 0 Å². The molecule has 0 aliphatic carbocycles. The molecule has 19 heavy (non-hydrogen) atoms. The Bertz CT molecular complexity index is 603. The molecule has 0 amide bonds. The molecule has 0 saturated carbocycles. The summed E-state index contributed by atoms with van der Waals surface area (Å²) in [4.78, 5) is 15.7. The largest absolute Gasteiger partial charge is 0.459 e. The van der Waals surface area contributed by atoms with Crippen LogP contribution < -0.4 is 0 Å². The van der Waals surface area contributed by atoms with Crippen molar-refractivity contribution in [2.45, 2.75) is 46.1 Å². The van der Waals surface area contributed by atoms with Crippen LogP contribution in [0.15, 0.2) is 24.3 Å². The van der Waals surface area contributed by atoms with Gasteiger partial charge in [0.1, 0.15) is 0 Å². The third kappa shape index (κ3) is 2.65. The number of benzene rings is 1. The van der Waals surface area contributed by atoms with Crippen LogP contribution in [-0.2, 0) is 10.2 Å². The van der Waals surface area contributed by atoms with Crippen molar-refractivity contribution in [3.8, 4) is 0 Å². The van der Waals surface area contributed by atoms with Gasteiger partial charge in [0.25, 0.3) is 0 Å². The lowest BCUT2D eigenvalue weighted by molar-refractivity contribution is 0.0377. The van der Waals surface area contributed by atoms with E-state index in [1.165, 1.54) is 0 Å². The third-order valence-electron chi connectivity index (χ3n) is 3.00. The number of carbonyl (C=O) groups excluding carboxylic acids is 1. The molecule has 2 rings (SSSR count). The molecule has 2 aromatic rings. The molecule has 1 aromatic heterocycles. The number of H-pyrrole nitrogens is 1. The number of aromatic amines is 1. The van der Waals surface area contributed by atoms with E-state index >= 15 is 0 Å². The number of carbonyl (C=O) groups is 1. The molecule has 0 radical (unpaired) electrons. The zero-order valence-corrected chi connectivity index (χ0v) is 12.2. The third-order valence-corrected chi connectivity index (χ3v) is 3.00. The Morgan fingerprint density at radius 3 is 2.42 bits per heavy atom. The first-order valence-electron chi connectivity index (χ1n) is 6.63. The Hall–Kier alpha value is -1.77. The monoisotopic (exact) mass is 259 g/mol. The highest BCUT2D eigenvalue weighted by atomic mass is 16.5. The van der Waals surface area contributed by atoms with Gasteiger partial charge in [-0.15, -0.1) is 0 Å². The van der Waals surface area contributed by atoms with Gasteiger partial charge in [-0.1, -0.05) is 39.0 Å². The Labute approximate surface area is 114 Å². The van der Waals surface area contributed by atoms with Crippen LogP contribution in [-0.4, -0.2) is 17.1 Å². The van der Waals surface area contributed by atoms with Gasteiger partial charge < -0.3 is 9.72 Å². The molecule has 1 heterocycles. The molecule has 0 unspecified atom stereocenters. The minimum atomic E-state index is -0.252. The zero-order valence-electron chi connectivity index (χ0n) is 12.2. The molecule has 0 aliphatic rings. The van der Waals surface area contributed by atoms with Crippen LogP contribution in [0.25, 0.3) is 10.9 Å². The van der Waals surface area contributed by atoms with Crippen LogP contribution in [0, 0.1) is 0 Å². The molecular weight excluding hydrogens is 238 g/mol. The van der Waals surface area contributed by atoms with Gasteiger partial charge >= 0.3 is 5.97 Å². The van der Waals surface area contributed by atoms with Crippen molar-refractivity contribution in [3.05, 3.63) is 35.5 Å². The van der Waals surface area contributed by atoms with E-state index in [-0.39, 0.29) is 17.5 Å². The summed E-state index contributed by atoms with van der Waals surface area (Å²) in [7, 11) is 0. The highest BCUT2D eigenvalue weighted by Crippen LogP contribution is 2.31. The molecular formula is C16H21NO2. The van der Waals surface area contributed by atoms with Crippen LogP contribution >= 0.6 is 0 Å². The fourth-order valence-electron chi connectivity index (χ4n) is 2.19. The molecule has 0 aliphatic heterocycles. The average molecular weight is 259 g/mol. The Balaban J connectivity index is 2.64. The standard InChI is InChI=1S/C16H21NO2/c1-10(2)19-15(18)13-11-8-6-7-9-12(11)17-14(13)16(3,4)5/h6-10,17H,1-5H3. The second kappa shape index (κ2) is 4.72.